The van der Waals surface area contributed by atoms with E-state index in [0.29, 0.717) is 13.2 Å². The van der Waals surface area contributed by atoms with Crippen LogP contribution in [-0.2, 0) is 16.0 Å². The van der Waals surface area contributed by atoms with Gasteiger partial charge in [0, 0.05) is 29.5 Å². The Bertz CT molecular complexity index is 302. The van der Waals surface area contributed by atoms with Gasteiger partial charge in [-0.25, -0.2) is 0 Å². The van der Waals surface area contributed by atoms with Crippen molar-refractivity contribution in [3.8, 4) is 0 Å². The minimum atomic E-state index is 0.698. The van der Waals surface area contributed by atoms with Crippen molar-refractivity contribution < 1.29 is 9.47 Å². The van der Waals surface area contributed by atoms with Crippen molar-refractivity contribution in [2.45, 2.75) is 33.2 Å². The maximum Gasteiger partial charge on any atom is 0.0701 e. The Kier molecular flexibility index (Phi) is 9.12. The maximum atomic E-state index is 5.47. The third kappa shape index (κ3) is 7.82. The van der Waals surface area contributed by atoms with Gasteiger partial charge in [-0.2, -0.15) is 0 Å². The van der Waals surface area contributed by atoms with Crippen molar-refractivity contribution in [1.29, 1.82) is 0 Å². The van der Waals surface area contributed by atoms with E-state index in [-0.39, 0.29) is 0 Å². The topological polar surface area (TPSA) is 30.5 Å². The zero-order valence-corrected chi connectivity index (χ0v) is 12.4. The van der Waals surface area contributed by atoms with Crippen LogP contribution in [0.3, 0.4) is 0 Å². The first-order valence-corrected chi connectivity index (χ1v) is 7.56. The fourth-order valence-corrected chi connectivity index (χ4v) is 2.36. The molecule has 18 heavy (non-hydrogen) atoms. The highest BCUT2D eigenvalue weighted by molar-refractivity contribution is 7.11. The number of nitrogens with one attached hydrogen (secondary N) is 1. The van der Waals surface area contributed by atoms with Crippen molar-refractivity contribution in [3.63, 3.8) is 0 Å². The number of ether oxygens (including phenoxy) is 2. The minimum Gasteiger partial charge on any atom is -0.379 e. The molecule has 1 aromatic rings. The van der Waals surface area contributed by atoms with Gasteiger partial charge in [-0.15, -0.1) is 11.3 Å². The number of hydrogen-bond acceptors (Lipinski definition) is 4. The first-order chi connectivity index (χ1) is 8.83. The average molecular weight is 271 g/mol. The van der Waals surface area contributed by atoms with Gasteiger partial charge in [0.1, 0.15) is 0 Å². The summed E-state index contributed by atoms with van der Waals surface area (Å²) in [5.74, 6) is 0. The molecular weight excluding hydrogens is 246 g/mol. The van der Waals surface area contributed by atoms with Crippen LogP contribution in [0.4, 0.5) is 0 Å². The molecule has 0 spiro atoms. The second kappa shape index (κ2) is 10.5. The van der Waals surface area contributed by atoms with Crippen molar-refractivity contribution in [2.24, 2.45) is 0 Å². The van der Waals surface area contributed by atoms with E-state index in [1.54, 1.807) is 0 Å². The van der Waals surface area contributed by atoms with E-state index in [0.717, 1.165) is 32.7 Å². The average Bonchev–Trinajstić information content (AvgIpc) is 2.77. The highest BCUT2D eigenvalue weighted by atomic mass is 32.1. The standard InChI is InChI=1S/C14H25NO2S/c1-3-4-8-16-10-11-17-9-7-15-12-14-6-5-13(2)18-14/h5-6,15H,3-4,7-12H2,1-2H3. The lowest BCUT2D eigenvalue weighted by Crippen LogP contribution is -2.19. The van der Waals surface area contributed by atoms with Crippen molar-refractivity contribution in [3.05, 3.63) is 21.9 Å². The van der Waals surface area contributed by atoms with E-state index in [9.17, 15) is 0 Å². The molecule has 1 aromatic heterocycles. The Morgan fingerprint density at radius 2 is 1.89 bits per heavy atom. The molecule has 0 aromatic carbocycles. The molecule has 1 heterocycles. The molecule has 1 rings (SSSR count). The Hall–Kier alpha value is -0.420. The highest BCUT2D eigenvalue weighted by Crippen LogP contribution is 2.14. The van der Waals surface area contributed by atoms with Gasteiger partial charge >= 0.3 is 0 Å². The molecule has 0 aliphatic heterocycles. The van der Waals surface area contributed by atoms with Gasteiger partial charge in [0.25, 0.3) is 0 Å². The molecule has 0 saturated carbocycles. The van der Waals surface area contributed by atoms with E-state index in [1.165, 1.54) is 16.2 Å². The van der Waals surface area contributed by atoms with Gasteiger partial charge in [-0.3, -0.25) is 0 Å². The zero-order chi connectivity index (χ0) is 13.1. The van der Waals surface area contributed by atoms with E-state index < -0.39 is 0 Å². The van der Waals surface area contributed by atoms with Crippen LogP contribution in [0, 0.1) is 6.92 Å². The number of thiophene rings is 1. The number of aryl methyl sites for hydroxylation is 1. The Morgan fingerprint density at radius 3 is 2.56 bits per heavy atom. The largest absolute Gasteiger partial charge is 0.379 e. The van der Waals surface area contributed by atoms with E-state index in [4.69, 9.17) is 9.47 Å². The van der Waals surface area contributed by atoms with Gasteiger partial charge in [0.2, 0.25) is 0 Å². The van der Waals surface area contributed by atoms with Gasteiger partial charge in [0.15, 0.2) is 0 Å². The number of unbranched alkanes of at least 4 members (excludes halogenated alkanes) is 1. The molecule has 104 valence electrons. The summed E-state index contributed by atoms with van der Waals surface area (Å²) >= 11 is 1.84. The molecule has 0 saturated heterocycles. The summed E-state index contributed by atoms with van der Waals surface area (Å²) in [4.78, 5) is 2.75. The lowest BCUT2D eigenvalue weighted by Gasteiger charge is -2.06. The van der Waals surface area contributed by atoms with Crippen LogP contribution in [0.1, 0.15) is 29.5 Å². The predicted octanol–water partition coefficient (Wildman–Crippen LogP) is 2.98. The molecule has 0 atom stereocenters. The first kappa shape index (κ1) is 15.6. The Balaban J connectivity index is 1.81. The van der Waals surface area contributed by atoms with Gasteiger partial charge < -0.3 is 14.8 Å². The summed E-state index contributed by atoms with van der Waals surface area (Å²) in [6.07, 6.45) is 2.33. The maximum absolute atomic E-state index is 5.47. The Morgan fingerprint density at radius 1 is 1.11 bits per heavy atom. The smallest absolute Gasteiger partial charge is 0.0701 e. The lowest BCUT2D eigenvalue weighted by molar-refractivity contribution is 0.0477. The third-order valence-electron chi connectivity index (χ3n) is 2.53. The van der Waals surface area contributed by atoms with Crippen molar-refractivity contribution >= 4 is 11.3 Å². The first-order valence-electron chi connectivity index (χ1n) is 6.74. The molecule has 0 radical (unpaired) electrons. The molecule has 0 bridgehead atoms. The normalized spacial score (nSPS) is 11.0. The van der Waals surface area contributed by atoms with Crippen LogP contribution in [0.15, 0.2) is 12.1 Å². The van der Waals surface area contributed by atoms with Gasteiger partial charge in [0.05, 0.1) is 19.8 Å². The second-order valence-electron chi connectivity index (χ2n) is 4.27. The second-order valence-corrected chi connectivity index (χ2v) is 5.64. The molecule has 4 heteroatoms. The summed E-state index contributed by atoms with van der Waals surface area (Å²) in [5, 5.41) is 3.37. The zero-order valence-electron chi connectivity index (χ0n) is 11.5. The van der Waals surface area contributed by atoms with Crippen LogP contribution in [-0.4, -0.2) is 33.0 Å². The summed E-state index contributed by atoms with van der Waals surface area (Å²) in [5.41, 5.74) is 0. The highest BCUT2D eigenvalue weighted by Gasteiger charge is 1.95. The quantitative estimate of drug-likeness (QED) is 0.628. The van der Waals surface area contributed by atoms with Crippen molar-refractivity contribution in [2.75, 3.05) is 33.0 Å². The third-order valence-corrected chi connectivity index (χ3v) is 3.53. The fourth-order valence-electron chi connectivity index (χ4n) is 1.50. The molecule has 0 amide bonds. The summed E-state index contributed by atoms with van der Waals surface area (Å²) in [7, 11) is 0. The monoisotopic (exact) mass is 271 g/mol. The molecule has 0 fully saturated rings. The van der Waals surface area contributed by atoms with Crippen LogP contribution < -0.4 is 5.32 Å². The summed E-state index contributed by atoms with van der Waals surface area (Å²) in [6.45, 7) is 9.15. The van der Waals surface area contributed by atoms with E-state index in [2.05, 4.69) is 31.3 Å². The van der Waals surface area contributed by atoms with Gasteiger partial charge in [-0.05, 0) is 25.5 Å². The van der Waals surface area contributed by atoms with Crippen molar-refractivity contribution in [1.82, 2.24) is 5.32 Å². The lowest BCUT2D eigenvalue weighted by atomic mass is 10.4. The number of rotatable bonds is 11. The van der Waals surface area contributed by atoms with Crippen LogP contribution in [0.5, 0.6) is 0 Å². The SMILES string of the molecule is CCCCOCCOCCNCc1ccc(C)s1. The Labute approximate surface area is 114 Å². The summed E-state index contributed by atoms with van der Waals surface area (Å²) < 4.78 is 10.9. The fraction of sp³-hybridized carbons (Fsp3) is 0.714. The van der Waals surface area contributed by atoms with Crippen LogP contribution in [0.2, 0.25) is 0 Å². The molecule has 0 aliphatic carbocycles. The molecule has 3 nitrogen and oxygen atoms in total. The summed E-state index contributed by atoms with van der Waals surface area (Å²) in [6, 6.07) is 4.33. The van der Waals surface area contributed by atoms with E-state index >= 15 is 0 Å². The van der Waals surface area contributed by atoms with Gasteiger partial charge in [-0.1, -0.05) is 13.3 Å². The van der Waals surface area contributed by atoms with Crippen LogP contribution >= 0.6 is 11.3 Å². The predicted molar refractivity (Wildman–Crippen MR) is 77.3 cm³/mol. The molecular formula is C14H25NO2S. The molecule has 1 N–H and O–H groups in total. The minimum absolute atomic E-state index is 0.698. The van der Waals surface area contributed by atoms with E-state index in [1.807, 2.05) is 11.3 Å². The molecule has 0 aliphatic rings. The van der Waals surface area contributed by atoms with Crippen LogP contribution in [0.25, 0.3) is 0 Å². The number of hydrogen-bond donors (Lipinski definition) is 1. The molecule has 0 unspecified atom stereocenters.